The first-order valence-corrected chi connectivity index (χ1v) is 28.8. The highest BCUT2D eigenvalue weighted by atomic mass is 32.2. The number of aromatic nitrogens is 3. The van der Waals surface area contributed by atoms with Crippen molar-refractivity contribution in [1.82, 2.24) is 13.7 Å². The van der Waals surface area contributed by atoms with E-state index in [0.717, 1.165) is 77.6 Å². The van der Waals surface area contributed by atoms with Crippen LogP contribution in [0.2, 0.25) is 0 Å². The highest BCUT2D eigenvalue weighted by molar-refractivity contribution is 7.93. The van der Waals surface area contributed by atoms with Crippen molar-refractivity contribution in [3.05, 3.63) is 196 Å². The molecule has 0 bridgehead atoms. The summed E-state index contributed by atoms with van der Waals surface area (Å²) in [6.45, 7) is 11.9. The zero-order valence-corrected chi connectivity index (χ0v) is 43.9. The van der Waals surface area contributed by atoms with E-state index in [2.05, 4.69) is 154 Å². The van der Waals surface area contributed by atoms with Crippen molar-refractivity contribution in [3.63, 3.8) is 0 Å². The molecular formula is C57H66N6O6S3. The minimum Gasteiger partial charge on any atom is -0.350 e. The second-order valence-electron chi connectivity index (χ2n) is 19.1. The Morgan fingerprint density at radius 2 is 0.875 bits per heavy atom. The fourth-order valence-corrected chi connectivity index (χ4v) is 11.3. The second kappa shape index (κ2) is 21.5. The molecule has 0 atom stereocenters. The normalized spacial score (nSPS) is 12.7. The average Bonchev–Trinajstić information content (AvgIpc) is 4.00. The molecule has 0 amide bonds. The summed E-state index contributed by atoms with van der Waals surface area (Å²) in [6.07, 6.45) is 11.0. The number of nitrogens with zero attached hydrogens (tertiary/aromatic N) is 3. The molecule has 10 rings (SSSR count). The van der Waals surface area contributed by atoms with Gasteiger partial charge in [-0.05, 0) is 130 Å². The molecule has 12 nitrogen and oxygen atoms in total. The van der Waals surface area contributed by atoms with Crippen molar-refractivity contribution in [1.29, 1.82) is 0 Å². The van der Waals surface area contributed by atoms with E-state index in [4.69, 9.17) is 0 Å². The first-order valence-electron chi connectivity index (χ1n) is 23.5. The van der Waals surface area contributed by atoms with Crippen LogP contribution >= 0.6 is 0 Å². The summed E-state index contributed by atoms with van der Waals surface area (Å²) in [5.74, 6) is 0. The molecule has 1 fully saturated rings. The third-order valence-electron chi connectivity index (χ3n) is 12.5. The van der Waals surface area contributed by atoms with E-state index in [1.807, 2.05) is 49.5 Å². The van der Waals surface area contributed by atoms with Gasteiger partial charge in [-0.3, -0.25) is 14.2 Å². The molecular weight excluding hydrogens is 961 g/mol. The summed E-state index contributed by atoms with van der Waals surface area (Å²) in [6, 6.07) is 42.5. The lowest BCUT2D eigenvalue weighted by Gasteiger charge is -2.10. The van der Waals surface area contributed by atoms with E-state index in [9.17, 15) is 25.3 Å². The maximum absolute atomic E-state index is 12.2. The number of aryl methyl sites for hydroxylation is 6. The summed E-state index contributed by atoms with van der Waals surface area (Å²) >= 11 is 0. The maximum atomic E-state index is 12.2. The molecule has 0 aliphatic heterocycles. The van der Waals surface area contributed by atoms with Crippen molar-refractivity contribution in [2.75, 3.05) is 26.7 Å². The highest BCUT2D eigenvalue weighted by Crippen LogP contribution is 2.32. The number of rotatable bonds is 13. The van der Waals surface area contributed by atoms with Gasteiger partial charge in [0.25, 0.3) is 0 Å². The molecule has 1 aliphatic rings. The molecule has 378 valence electrons. The van der Waals surface area contributed by atoms with Crippen molar-refractivity contribution in [3.8, 4) is 0 Å². The molecule has 0 spiro atoms. The Balaban J connectivity index is 0.000000158. The Kier molecular flexibility index (Phi) is 15.8. The molecule has 3 N–H and O–H groups in total. The van der Waals surface area contributed by atoms with E-state index in [1.54, 1.807) is 12.1 Å². The quantitative estimate of drug-likeness (QED) is 0.105. The Morgan fingerprint density at radius 3 is 1.31 bits per heavy atom. The predicted molar refractivity (Wildman–Crippen MR) is 300 cm³/mol. The largest absolute Gasteiger partial charge is 0.350 e. The standard InChI is InChI=1S/C20H22N2O2S.2C18H20N2O2S.CH4/c1-14-3-5-16(6-4-14)13-22-12-15(2)19-10-7-17(11-20(19)22)21-25(23,24)18-8-9-18;1-13-4-6-14(7-5-13)10-15-12-20(2)18-9-8-16(11-17(15)18)19-23(3,21)22;1-13-4-6-15(7-5-13)12-20-11-14(2)17-9-8-16(10-18(17)20)19-23(3,21)22;/h3-7,10-12,18,21H,8-9,13H2,1-2H3;4-9,11-12,19H,10H2,1-3H3;4-11,19H,12H2,1-3H3;1H4. The van der Waals surface area contributed by atoms with Gasteiger partial charge in [-0.25, -0.2) is 25.3 Å². The van der Waals surface area contributed by atoms with Gasteiger partial charge in [0.2, 0.25) is 30.1 Å². The van der Waals surface area contributed by atoms with Crippen LogP contribution in [-0.4, -0.2) is 56.7 Å². The molecule has 6 aromatic carbocycles. The number of hydrogen-bond acceptors (Lipinski definition) is 6. The first-order chi connectivity index (χ1) is 33.6. The number of nitrogens with one attached hydrogen (secondary N) is 3. The smallest absolute Gasteiger partial charge is 0.235 e. The van der Waals surface area contributed by atoms with Crippen LogP contribution in [0.1, 0.15) is 70.3 Å². The third-order valence-corrected chi connectivity index (χ3v) is 15.6. The van der Waals surface area contributed by atoms with Crippen LogP contribution in [-0.2, 0) is 56.6 Å². The number of fused-ring (bicyclic) bond motifs is 3. The number of hydrogen-bond donors (Lipinski definition) is 3. The van der Waals surface area contributed by atoms with Gasteiger partial charge in [0.05, 0.1) is 40.2 Å². The molecule has 0 radical (unpaired) electrons. The summed E-state index contributed by atoms with van der Waals surface area (Å²) in [4.78, 5) is 0. The minimum atomic E-state index is -3.27. The van der Waals surface area contributed by atoms with Gasteiger partial charge in [0, 0.05) is 66.1 Å². The van der Waals surface area contributed by atoms with Crippen molar-refractivity contribution in [2.45, 2.75) is 79.6 Å². The number of sulfonamides is 3. The average molecular weight is 1030 g/mol. The van der Waals surface area contributed by atoms with Gasteiger partial charge in [-0.1, -0.05) is 109 Å². The van der Waals surface area contributed by atoms with E-state index >= 15 is 0 Å². The molecule has 0 unspecified atom stereocenters. The Bertz CT molecular complexity index is 3560. The lowest BCUT2D eigenvalue weighted by Crippen LogP contribution is -2.17. The first kappa shape index (κ1) is 53.0. The molecule has 9 aromatic rings. The van der Waals surface area contributed by atoms with Crippen LogP contribution in [0.15, 0.2) is 146 Å². The zero-order chi connectivity index (χ0) is 50.8. The van der Waals surface area contributed by atoms with Gasteiger partial charge < -0.3 is 13.7 Å². The van der Waals surface area contributed by atoms with Gasteiger partial charge in [-0.2, -0.15) is 0 Å². The summed E-state index contributed by atoms with van der Waals surface area (Å²) in [5.41, 5.74) is 16.0. The van der Waals surface area contributed by atoms with E-state index < -0.39 is 30.1 Å². The monoisotopic (exact) mass is 1030 g/mol. The zero-order valence-electron chi connectivity index (χ0n) is 41.5. The summed E-state index contributed by atoms with van der Waals surface area (Å²) < 4.78 is 84.4. The van der Waals surface area contributed by atoms with Gasteiger partial charge in [0.15, 0.2) is 0 Å². The summed E-state index contributed by atoms with van der Waals surface area (Å²) in [5, 5.41) is 3.14. The number of benzene rings is 6. The van der Waals surface area contributed by atoms with Crippen molar-refractivity contribution < 1.29 is 25.3 Å². The topological polar surface area (TPSA) is 153 Å². The molecule has 15 heteroatoms. The number of anilines is 3. The molecule has 3 heterocycles. The Morgan fingerprint density at radius 1 is 0.472 bits per heavy atom. The van der Waals surface area contributed by atoms with Crippen LogP contribution in [0.25, 0.3) is 32.7 Å². The van der Waals surface area contributed by atoms with Crippen LogP contribution in [0.5, 0.6) is 0 Å². The molecule has 1 aliphatic carbocycles. The lowest BCUT2D eigenvalue weighted by atomic mass is 10.0. The van der Waals surface area contributed by atoms with Crippen LogP contribution in [0.4, 0.5) is 17.1 Å². The van der Waals surface area contributed by atoms with E-state index in [0.29, 0.717) is 17.1 Å². The summed E-state index contributed by atoms with van der Waals surface area (Å²) in [7, 11) is -7.78. The molecule has 0 saturated heterocycles. The minimum absolute atomic E-state index is 0. The predicted octanol–water partition coefficient (Wildman–Crippen LogP) is 12.0. The molecule has 72 heavy (non-hydrogen) atoms. The van der Waals surface area contributed by atoms with Crippen molar-refractivity contribution in [2.24, 2.45) is 7.05 Å². The van der Waals surface area contributed by atoms with Crippen LogP contribution in [0, 0.1) is 34.6 Å². The van der Waals surface area contributed by atoms with E-state index in [-0.39, 0.29) is 12.7 Å². The highest BCUT2D eigenvalue weighted by Gasteiger charge is 2.35. The lowest BCUT2D eigenvalue weighted by molar-refractivity contribution is 0.599. The third kappa shape index (κ3) is 13.6. The second-order valence-corrected chi connectivity index (χ2v) is 24.5. The molecule has 1 saturated carbocycles. The fraction of sp³-hybridized carbons (Fsp3) is 0.263. The van der Waals surface area contributed by atoms with Gasteiger partial charge in [-0.15, -0.1) is 0 Å². The molecule has 3 aromatic heterocycles. The fourth-order valence-electron chi connectivity index (χ4n) is 8.78. The van der Waals surface area contributed by atoms with Gasteiger partial charge >= 0.3 is 0 Å². The van der Waals surface area contributed by atoms with Gasteiger partial charge in [0.1, 0.15) is 0 Å². The Hall–Kier alpha value is -6.81. The van der Waals surface area contributed by atoms with Crippen molar-refractivity contribution >= 4 is 79.8 Å². The maximum Gasteiger partial charge on any atom is 0.235 e. The van der Waals surface area contributed by atoms with Crippen LogP contribution in [0.3, 0.4) is 0 Å². The van der Waals surface area contributed by atoms with E-state index in [1.165, 1.54) is 50.1 Å². The SMILES string of the molecule is C.Cc1ccc(Cc2cn(C)c3ccc(NS(C)(=O)=O)cc23)cc1.Cc1ccc(Cn2cc(C)c3ccc(NS(=O)(=O)C4CC4)cc32)cc1.Cc1ccc(Cn2cc(C)c3ccc(NS(C)(=O)=O)cc32)cc1. The Labute approximate surface area is 425 Å². The van der Waals surface area contributed by atoms with Crippen LogP contribution < -0.4 is 14.2 Å².